The number of benzene rings is 1. The lowest BCUT2D eigenvalue weighted by molar-refractivity contribution is -0.384. The van der Waals surface area contributed by atoms with Crippen molar-refractivity contribution in [2.24, 2.45) is 0 Å². The van der Waals surface area contributed by atoms with Crippen LogP contribution in [0, 0.1) is 17.0 Å². The van der Waals surface area contributed by atoms with Crippen LogP contribution in [0.3, 0.4) is 0 Å². The largest absolute Gasteiger partial charge is 0.352 e. The summed E-state index contributed by atoms with van der Waals surface area (Å²) in [6.07, 6.45) is 1.64. The van der Waals surface area contributed by atoms with Crippen LogP contribution in [0.4, 0.5) is 11.4 Å². The fourth-order valence-electron chi connectivity index (χ4n) is 2.80. The molecule has 0 bridgehead atoms. The number of carbonyl (C=O) groups is 2. The molecule has 1 saturated heterocycles. The van der Waals surface area contributed by atoms with Gasteiger partial charge in [-0.3, -0.25) is 29.5 Å². The van der Waals surface area contributed by atoms with Gasteiger partial charge >= 0.3 is 0 Å². The molecule has 0 unspecified atom stereocenters. The van der Waals surface area contributed by atoms with Crippen LogP contribution in [0.25, 0.3) is 0 Å². The first kappa shape index (κ1) is 20.5. The molecule has 1 fully saturated rings. The van der Waals surface area contributed by atoms with Crippen LogP contribution in [0.15, 0.2) is 30.9 Å². The minimum atomic E-state index is -0.487. The fourth-order valence-corrected chi connectivity index (χ4v) is 2.80. The van der Waals surface area contributed by atoms with Crippen LogP contribution in [-0.2, 0) is 9.59 Å². The monoisotopic (exact) mass is 375 g/mol. The van der Waals surface area contributed by atoms with E-state index in [9.17, 15) is 19.7 Å². The highest BCUT2D eigenvalue weighted by atomic mass is 16.6. The zero-order chi connectivity index (χ0) is 19.8. The number of carbonyl (C=O) groups excluding carboxylic acids is 2. The van der Waals surface area contributed by atoms with Crippen molar-refractivity contribution in [1.29, 1.82) is 0 Å². The SMILES string of the molecule is C=CCNC(=O)CN1CCN(CC(=O)Nc2cc([N+](=O)[O-])ccc2C)CC1. The standard InChI is InChI=1S/C18H25N5O4/c1-3-6-19-17(24)12-21-7-9-22(10-8-21)13-18(25)20-16-11-15(23(26)27)5-4-14(16)2/h3-5,11H,1,6-10,12-13H2,2H3,(H,19,24)(H,20,25). The van der Waals surface area contributed by atoms with Gasteiger partial charge in [0.25, 0.3) is 5.69 Å². The molecule has 2 N–H and O–H groups in total. The maximum Gasteiger partial charge on any atom is 0.271 e. The molecular weight excluding hydrogens is 350 g/mol. The van der Waals surface area contributed by atoms with E-state index in [0.717, 1.165) is 5.56 Å². The Balaban J connectivity index is 1.79. The number of nitro benzene ring substituents is 1. The Bertz CT molecular complexity index is 714. The van der Waals surface area contributed by atoms with Gasteiger partial charge in [-0.2, -0.15) is 0 Å². The third-order valence-corrected chi connectivity index (χ3v) is 4.35. The van der Waals surface area contributed by atoms with Crippen LogP contribution in [-0.4, -0.2) is 72.4 Å². The molecule has 1 aromatic carbocycles. The highest BCUT2D eigenvalue weighted by molar-refractivity contribution is 5.93. The Morgan fingerprint density at radius 1 is 1.19 bits per heavy atom. The van der Waals surface area contributed by atoms with Gasteiger partial charge in [0.2, 0.25) is 11.8 Å². The van der Waals surface area contributed by atoms with Gasteiger partial charge in [0.05, 0.1) is 23.7 Å². The summed E-state index contributed by atoms with van der Waals surface area (Å²) in [5, 5.41) is 16.4. The predicted octanol–water partition coefficient (Wildman–Crippen LogP) is 0.762. The Morgan fingerprint density at radius 2 is 1.78 bits per heavy atom. The summed E-state index contributed by atoms with van der Waals surface area (Å²) in [7, 11) is 0. The predicted molar refractivity (Wildman–Crippen MR) is 103 cm³/mol. The van der Waals surface area contributed by atoms with Crippen LogP contribution in [0.2, 0.25) is 0 Å². The molecule has 0 aliphatic carbocycles. The lowest BCUT2D eigenvalue weighted by Crippen LogP contribution is -2.51. The zero-order valence-electron chi connectivity index (χ0n) is 15.4. The molecule has 0 saturated carbocycles. The molecule has 1 heterocycles. The Labute approximate surface area is 158 Å². The number of nitrogens with one attached hydrogen (secondary N) is 2. The Kier molecular flexibility index (Phi) is 7.44. The minimum absolute atomic E-state index is 0.0396. The molecule has 27 heavy (non-hydrogen) atoms. The molecule has 1 aromatic rings. The van der Waals surface area contributed by atoms with Crippen LogP contribution >= 0.6 is 0 Å². The molecule has 2 amide bonds. The van der Waals surface area contributed by atoms with E-state index in [0.29, 0.717) is 45.0 Å². The molecule has 0 spiro atoms. The molecule has 1 aliphatic heterocycles. The number of rotatable bonds is 8. The van der Waals surface area contributed by atoms with Crippen molar-refractivity contribution in [3.05, 3.63) is 46.5 Å². The van der Waals surface area contributed by atoms with Gasteiger partial charge in [0.15, 0.2) is 0 Å². The maximum absolute atomic E-state index is 12.3. The van der Waals surface area contributed by atoms with Gasteiger partial charge in [-0.05, 0) is 12.5 Å². The van der Waals surface area contributed by atoms with Gasteiger partial charge < -0.3 is 10.6 Å². The molecular formula is C18H25N5O4. The minimum Gasteiger partial charge on any atom is -0.352 e. The van der Waals surface area contributed by atoms with E-state index in [2.05, 4.69) is 17.2 Å². The zero-order valence-corrected chi connectivity index (χ0v) is 15.4. The third kappa shape index (κ3) is 6.46. The number of hydrogen-bond acceptors (Lipinski definition) is 6. The number of anilines is 1. The first-order valence-corrected chi connectivity index (χ1v) is 8.76. The molecule has 2 rings (SSSR count). The van der Waals surface area contributed by atoms with Crippen molar-refractivity contribution in [1.82, 2.24) is 15.1 Å². The average Bonchev–Trinajstić information content (AvgIpc) is 2.63. The first-order valence-electron chi connectivity index (χ1n) is 8.76. The van der Waals surface area contributed by atoms with Gasteiger partial charge in [-0.1, -0.05) is 12.1 Å². The summed E-state index contributed by atoms with van der Waals surface area (Å²) in [5.74, 6) is -0.252. The van der Waals surface area contributed by atoms with Gasteiger partial charge in [0, 0.05) is 44.9 Å². The highest BCUT2D eigenvalue weighted by Crippen LogP contribution is 2.21. The summed E-state index contributed by atoms with van der Waals surface area (Å²) in [5.41, 5.74) is 1.16. The number of non-ortho nitro benzene ring substituents is 1. The van der Waals surface area contributed by atoms with Crippen LogP contribution < -0.4 is 10.6 Å². The number of aryl methyl sites for hydroxylation is 1. The van der Waals surface area contributed by atoms with Crippen molar-refractivity contribution >= 4 is 23.2 Å². The smallest absolute Gasteiger partial charge is 0.271 e. The normalized spacial score (nSPS) is 15.1. The molecule has 1 aliphatic rings. The second-order valence-corrected chi connectivity index (χ2v) is 6.45. The van der Waals surface area contributed by atoms with E-state index in [-0.39, 0.29) is 24.0 Å². The van der Waals surface area contributed by atoms with Crippen molar-refractivity contribution in [3.63, 3.8) is 0 Å². The fraction of sp³-hybridized carbons (Fsp3) is 0.444. The third-order valence-electron chi connectivity index (χ3n) is 4.35. The van der Waals surface area contributed by atoms with Crippen molar-refractivity contribution < 1.29 is 14.5 Å². The molecule has 9 heteroatoms. The summed E-state index contributed by atoms with van der Waals surface area (Å²) in [6, 6.07) is 4.40. The topological polar surface area (TPSA) is 108 Å². The van der Waals surface area contributed by atoms with E-state index < -0.39 is 4.92 Å². The van der Waals surface area contributed by atoms with Crippen molar-refractivity contribution in [2.45, 2.75) is 6.92 Å². The van der Waals surface area contributed by atoms with Gasteiger partial charge in [0.1, 0.15) is 0 Å². The van der Waals surface area contributed by atoms with E-state index >= 15 is 0 Å². The summed E-state index contributed by atoms with van der Waals surface area (Å²) in [4.78, 5) is 38.4. The number of amides is 2. The first-order chi connectivity index (χ1) is 12.9. The summed E-state index contributed by atoms with van der Waals surface area (Å²) in [6.45, 7) is 9.09. The lowest BCUT2D eigenvalue weighted by atomic mass is 10.2. The van der Waals surface area contributed by atoms with Crippen LogP contribution in [0.1, 0.15) is 5.56 Å². The van der Waals surface area contributed by atoms with E-state index in [1.807, 2.05) is 9.80 Å². The number of nitro groups is 1. The lowest BCUT2D eigenvalue weighted by Gasteiger charge is -2.33. The number of hydrogen-bond donors (Lipinski definition) is 2. The summed E-state index contributed by atoms with van der Waals surface area (Å²) >= 11 is 0. The summed E-state index contributed by atoms with van der Waals surface area (Å²) < 4.78 is 0. The van der Waals surface area contributed by atoms with Crippen LogP contribution in [0.5, 0.6) is 0 Å². The highest BCUT2D eigenvalue weighted by Gasteiger charge is 2.21. The maximum atomic E-state index is 12.3. The second kappa shape index (κ2) is 9.79. The number of nitrogens with zero attached hydrogens (tertiary/aromatic N) is 3. The van der Waals surface area contributed by atoms with Crippen molar-refractivity contribution in [2.75, 3.05) is 51.1 Å². The van der Waals surface area contributed by atoms with Crippen molar-refractivity contribution in [3.8, 4) is 0 Å². The number of piperazine rings is 1. The van der Waals surface area contributed by atoms with E-state index in [1.54, 1.807) is 19.1 Å². The quantitative estimate of drug-likeness (QED) is 0.395. The van der Waals surface area contributed by atoms with Gasteiger partial charge in [-0.25, -0.2) is 0 Å². The Morgan fingerprint density at radius 3 is 2.33 bits per heavy atom. The van der Waals surface area contributed by atoms with E-state index in [4.69, 9.17) is 0 Å². The molecule has 146 valence electrons. The molecule has 9 nitrogen and oxygen atoms in total. The Hall–Kier alpha value is -2.78. The second-order valence-electron chi connectivity index (χ2n) is 6.45. The molecule has 0 aromatic heterocycles. The van der Waals surface area contributed by atoms with E-state index in [1.165, 1.54) is 12.1 Å². The van der Waals surface area contributed by atoms with Gasteiger partial charge in [-0.15, -0.1) is 6.58 Å². The average molecular weight is 375 g/mol. The molecule has 0 radical (unpaired) electrons. The molecule has 0 atom stereocenters.